The van der Waals surface area contributed by atoms with E-state index in [2.05, 4.69) is 26.1 Å². The minimum Gasteiger partial charge on any atom is -0.478 e. The molecule has 0 saturated carbocycles. The Bertz CT molecular complexity index is 513. The van der Waals surface area contributed by atoms with Crippen molar-refractivity contribution in [2.45, 2.75) is 41.0 Å². The SMILES string of the molecule is CC(C)(C)CC(C)(C)C(=O)Nc1ccccc1C(=O)O. The number of nitrogens with one attached hydrogen (secondary N) is 1. The third-order valence-corrected chi connectivity index (χ3v) is 2.99. The number of benzene rings is 1. The summed E-state index contributed by atoms with van der Waals surface area (Å²) >= 11 is 0. The Balaban J connectivity index is 2.94. The van der Waals surface area contributed by atoms with Crippen LogP contribution in [-0.4, -0.2) is 17.0 Å². The number of aromatic carboxylic acids is 1. The molecule has 0 spiro atoms. The lowest BCUT2D eigenvalue weighted by molar-refractivity contribution is -0.125. The number of anilines is 1. The molecule has 0 radical (unpaired) electrons. The molecule has 0 saturated heterocycles. The lowest BCUT2D eigenvalue weighted by atomic mass is 9.75. The maximum absolute atomic E-state index is 12.4. The van der Waals surface area contributed by atoms with Gasteiger partial charge >= 0.3 is 5.97 Å². The minimum absolute atomic E-state index is 0.0210. The molecule has 0 bridgehead atoms. The Morgan fingerprint density at radius 1 is 1.10 bits per heavy atom. The second-order valence-corrected chi connectivity index (χ2v) is 6.93. The molecule has 2 N–H and O–H groups in total. The van der Waals surface area contributed by atoms with Gasteiger partial charge in [0.25, 0.3) is 0 Å². The second kappa shape index (κ2) is 5.65. The van der Waals surface area contributed by atoms with Gasteiger partial charge in [-0.15, -0.1) is 0 Å². The van der Waals surface area contributed by atoms with Crippen molar-refractivity contribution in [2.75, 3.05) is 5.32 Å². The standard InChI is InChI=1S/C16H23NO3/c1-15(2,3)10-16(4,5)14(20)17-12-9-7-6-8-11(12)13(18)19/h6-9H,10H2,1-5H3,(H,17,20)(H,18,19). The van der Waals surface area contributed by atoms with E-state index in [0.29, 0.717) is 12.1 Å². The first-order valence-corrected chi connectivity index (χ1v) is 6.67. The highest BCUT2D eigenvalue weighted by molar-refractivity contribution is 6.02. The normalized spacial score (nSPS) is 12.1. The van der Waals surface area contributed by atoms with Crippen LogP contribution in [0.5, 0.6) is 0 Å². The number of carbonyl (C=O) groups is 2. The summed E-state index contributed by atoms with van der Waals surface area (Å²) in [6.45, 7) is 9.97. The molecule has 4 heteroatoms. The van der Waals surface area contributed by atoms with Gasteiger partial charge in [0.15, 0.2) is 0 Å². The molecular weight excluding hydrogens is 254 g/mol. The van der Waals surface area contributed by atoms with Gasteiger partial charge in [0.05, 0.1) is 11.3 Å². The Hall–Kier alpha value is -1.84. The fourth-order valence-corrected chi connectivity index (χ4v) is 2.48. The maximum Gasteiger partial charge on any atom is 0.337 e. The number of carboxylic acids is 1. The van der Waals surface area contributed by atoms with Gasteiger partial charge in [0, 0.05) is 5.41 Å². The van der Waals surface area contributed by atoms with Crippen LogP contribution in [-0.2, 0) is 4.79 Å². The maximum atomic E-state index is 12.4. The molecule has 0 aliphatic carbocycles. The zero-order chi connectivity index (χ0) is 15.6. The third kappa shape index (κ3) is 4.37. The summed E-state index contributed by atoms with van der Waals surface area (Å²) in [5.74, 6) is -1.21. The van der Waals surface area contributed by atoms with Gasteiger partial charge in [-0.2, -0.15) is 0 Å². The van der Waals surface area contributed by atoms with Crippen LogP contribution in [0.4, 0.5) is 5.69 Å². The van der Waals surface area contributed by atoms with Gasteiger partial charge < -0.3 is 10.4 Å². The van der Waals surface area contributed by atoms with Crippen LogP contribution < -0.4 is 5.32 Å². The molecular formula is C16H23NO3. The summed E-state index contributed by atoms with van der Waals surface area (Å²) in [4.78, 5) is 23.5. The number of para-hydroxylation sites is 1. The highest BCUT2D eigenvalue weighted by Crippen LogP contribution is 2.34. The minimum atomic E-state index is -1.05. The Morgan fingerprint density at radius 2 is 1.65 bits per heavy atom. The summed E-state index contributed by atoms with van der Waals surface area (Å²) in [6.07, 6.45) is 0.709. The first-order chi connectivity index (χ1) is 9.03. The molecule has 0 heterocycles. The van der Waals surface area contributed by atoms with Crippen LogP contribution in [0, 0.1) is 10.8 Å². The molecule has 110 valence electrons. The first kappa shape index (κ1) is 16.2. The summed E-state index contributed by atoms with van der Waals surface area (Å²) < 4.78 is 0. The van der Waals surface area contributed by atoms with Crippen LogP contribution >= 0.6 is 0 Å². The van der Waals surface area contributed by atoms with Crippen LogP contribution in [0.1, 0.15) is 51.4 Å². The van der Waals surface area contributed by atoms with E-state index in [-0.39, 0.29) is 16.9 Å². The van der Waals surface area contributed by atoms with Gasteiger partial charge in [0.1, 0.15) is 0 Å². The van der Waals surface area contributed by atoms with Gasteiger partial charge in [-0.25, -0.2) is 4.79 Å². The van der Waals surface area contributed by atoms with E-state index in [0.717, 1.165) is 0 Å². The highest BCUT2D eigenvalue weighted by atomic mass is 16.4. The van der Waals surface area contributed by atoms with E-state index in [9.17, 15) is 9.59 Å². The largest absolute Gasteiger partial charge is 0.478 e. The molecule has 1 aromatic rings. The van der Waals surface area contributed by atoms with Crippen molar-refractivity contribution in [3.05, 3.63) is 29.8 Å². The van der Waals surface area contributed by atoms with Gasteiger partial charge in [-0.3, -0.25) is 4.79 Å². The topological polar surface area (TPSA) is 66.4 Å². The second-order valence-electron chi connectivity index (χ2n) is 6.93. The van der Waals surface area contributed by atoms with Crippen LogP contribution in [0.2, 0.25) is 0 Å². The Kier molecular flexibility index (Phi) is 4.58. The Labute approximate surface area is 120 Å². The van der Waals surface area contributed by atoms with E-state index < -0.39 is 11.4 Å². The predicted octanol–water partition coefficient (Wildman–Crippen LogP) is 3.79. The average Bonchev–Trinajstić information content (AvgIpc) is 2.26. The molecule has 0 fully saturated rings. The molecule has 1 rings (SSSR count). The molecule has 0 unspecified atom stereocenters. The van der Waals surface area contributed by atoms with E-state index >= 15 is 0 Å². The van der Waals surface area contributed by atoms with Crippen LogP contribution in [0.15, 0.2) is 24.3 Å². The van der Waals surface area contributed by atoms with Gasteiger partial charge in [-0.1, -0.05) is 46.8 Å². The number of carboxylic acid groups (broad SMARTS) is 1. The number of hydrogen-bond donors (Lipinski definition) is 2. The number of carbonyl (C=O) groups excluding carboxylic acids is 1. The van der Waals surface area contributed by atoms with E-state index in [1.54, 1.807) is 18.2 Å². The van der Waals surface area contributed by atoms with Crippen LogP contribution in [0.3, 0.4) is 0 Å². The zero-order valence-electron chi connectivity index (χ0n) is 12.8. The fourth-order valence-electron chi connectivity index (χ4n) is 2.48. The van der Waals surface area contributed by atoms with Crippen molar-refractivity contribution in [2.24, 2.45) is 10.8 Å². The van der Waals surface area contributed by atoms with Gasteiger partial charge in [0.2, 0.25) is 5.91 Å². The smallest absolute Gasteiger partial charge is 0.337 e. The van der Waals surface area contributed by atoms with Crippen molar-refractivity contribution < 1.29 is 14.7 Å². The fraction of sp³-hybridized carbons (Fsp3) is 0.500. The number of hydrogen-bond acceptors (Lipinski definition) is 2. The van der Waals surface area contributed by atoms with Gasteiger partial charge in [-0.05, 0) is 24.0 Å². The van der Waals surface area contributed by atoms with Crippen molar-refractivity contribution in [1.29, 1.82) is 0 Å². The predicted molar refractivity (Wildman–Crippen MR) is 79.9 cm³/mol. The monoisotopic (exact) mass is 277 g/mol. The number of amides is 1. The average molecular weight is 277 g/mol. The van der Waals surface area contributed by atoms with Crippen molar-refractivity contribution >= 4 is 17.6 Å². The summed E-state index contributed by atoms with van der Waals surface area (Å²) in [5, 5.41) is 11.9. The lowest BCUT2D eigenvalue weighted by Gasteiger charge is -2.31. The van der Waals surface area contributed by atoms with Crippen LogP contribution in [0.25, 0.3) is 0 Å². The molecule has 0 atom stereocenters. The molecule has 1 amide bonds. The molecule has 0 aliphatic heterocycles. The number of rotatable bonds is 4. The van der Waals surface area contributed by atoms with Crippen molar-refractivity contribution in [3.8, 4) is 0 Å². The lowest BCUT2D eigenvalue weighted by Crippen LogP contribution is -2.34. The van der Waals surface area contributed by atoms with E-state index in [1.165, 1.54) is 6.07 Å². The van der Waals surface area contributed by atoms with Crippen molar-refractivity contribution in [3.63, 3.8) is 0 Å². The van der Waals surface area contributed by atoms with E-state index in [1.807, 2.05) is 13.8 Å². The Morgan fingerprint density at radius 3 is 2.15 bits per heavy atom. The summed E-state index contributed by atoms with van der Waals surface area (Å²) in [7, 11) is 0. The first-order valence-electron chi connectivity index (χ1n) is 6.67. The molecule has 20 heavy (non-hydrogen) atoms. The van der Waals surface area contributed by atoms with Crippen molar-refractivity contribution in [1.82, 2.24) is 0 Å². The third-order valence-electron chi connectivity index (χ3n) is 2.99. The zero-order valence-corrected chi connectivity index (χ0v) is 12.8. The summed E-state index contributed by atoms with van der Waals surface area (Å²) in [6, 6.07) is 6.43. The molecule has 1 aromatic carbocycles. The highest BCUT2D eigenvalue weighted by Gasteiger charge is 2.33. The molecule has 0 aromatic heterocycles. The quantitative estimate of drug-likeness (QED) is 0.880. The molecule has 4 nitrogen and oxygen atoms in total. The summed E-state index contributed by atoms with van der Waals surface area (Å²) in [5.41, 5.74) is -0.101. The molecule has 0 aliphatic rings. The van der Waals surface area contributed by atoms with E-state index in [4.69, 9.17) is 5.11 Å².